The van der Waals surface area contributed by atoms with Crippen molar-refractivity contribution in [1.82, 2.24) is 15.2 Å². The van der Waals surface area contributed by atoms with E-state index >= 15 is 0 Å². The van der Waals surface area contributed by atoms with E-state index in [-0.39, 0.29) is 23.1 Å². The van der Waals surface area contributed by atoms with E-state index in [0.29, 0.717) is 16.3 Å². The lowest BCUT2D eigenvalue weighted by atomic mass is 10.1. The molecular weight excluding hydrogens is 356 g/mol. The number of hydrogen-bond acceptors (Lipinski definition) is 6. The number of halogens is 1. The highest BCUT2D eigenvalue weighted by molar-refractivity contribution is 7.84. The molecule has 0 radical (unpaired) electrons. The van der Waals surface area contributed by atoms with Crippen molar-refractivity contribution in [1.29, 1.82) is 0 Å². The van der Waals surface area contributed by atoms with Crippen molar-refractivity contribution >= 4 is 34.0 Å². The zero-order valence-corrected chi connectivity index (χ0v) is 14.2. The van der Waals surface area contributed by atoms with E-state index in [2.05, 4.69) is 15.6 Å². The zero-order valence-electron chi connectivity index (χ0n) is 12.6. The van der Waals surface area contributed by atoms with Crippen LogP contribution in [-0.2, 0) is 21.5 Å². The van der Waals surface area contributed by atoms with Crippen LogP contribution in [0.15, 0.2) is 35.7 Å². The third-order valence-electron chi connectivity index (χ3n) is 2.89. The predicted molar refractivity (Wildman–Crippen MR) is 90.4 cm³/mol. The van der Waals surface area contributed by atoms with Crippen LogP contribution < -0.4 is 5.43 Å². The van der Waals surface area contributed by atoms with E-state index in [1.54, 1.807) is 6.92 Å². The topological polar surface area (TPSA) is 117 Å². The van der Waals surface area contributed by atoms with Crippen LogP contribution in [0.2, 0.25) is 5.02 Å². The van der Waals surface area contributed by atoms with Crippen molar-refractivity contribution in [2.75, 3.05) is 5.75 Å². The first kappa shape index (κ1) is 18.0. The first-order valence-corrected chi connectivity index (χ1v) is 8.60. The van der Waals surface area contributed by atoms with Crippen molar-refractivity contribution in [2.45, 2.75) is 12.8 Å². The van der Waals surface area contributed by atoms with Crippen LogP contribution >= 0.6 is 11.6 Å². The van der Waals surface area contributed by atoms with Crippen molar-refractivity contribution in [3.8, 4) is 11.5 Å². The maximum absolute atomic E-state index is 11.9. The number of phenols is 2. The van der Waals surface area contributed by atoms with Gasteiger partial charge in [-0.15, -0.1) is 0 Å². The first-order chi connectivity index (χ1) is 11.3. The Bertz CT molecular complexity index is 806. The largest absolute Gasteiger partial charge is 0.508 e. The highest BCUT2D eigenvalue weighted by Gasteiger charge is 2.10. The molecule has 0 saturated heterocycles. The van der Waals surface area contributed by atoms with Crippen LogP contribution in [0.5, 0.6) is 11.5 Å². The van der Waals surface area contributed by atoms with Gasteiger partial charge in [0.25, 0.3) is 5.91 Å². The summed E-state index contributed by atoms with van der Waals surface area (Å²) in [7, 11) is -1.48. The highest BCUT2D eigenvalue weighted by atomic mass is 35.5. The fraction of sp³-hybridized carbons (Fsp3) is 0.214. The first-order valence-electron chi connectivity index (χ1n) is 6.73. The molecule has 0 aliphatic heterocycles. The van der Waals surface area contributed by atoms with Crippen molar-refractivity contribution in [2.24, 2.45) is 5.10 Å². The van der Waals surface area contributed by atoms with Gasteiger partial charge in [0, 0.05) is 17.8 Å². The molecule has 1 amide bonds. The van der Waals surface area contributed by atoms with Crippen LogP contribution in [-0.4, -0.2) is 41.6 Å². The number of carbonyl (C=O) groups is 1. The number of phenolic OH excluding ortho intramolecular Hbond substituents is 2. The maximum atomic E-state index is 11.9. The summed E-state index contributed by atoms with van der Waals surface area (Å²) >= 11 is 5.70. The minimum absolute atomic E-state index is 0.0432. The van der Waals surface area contributed by atoms with Crippen LogP contribution in [0.3, 0.4) is 0 Å². The van der Waals surface area contributed by atoms with E-state index < -0.39 is 16.7 Å². The van der Waals surface area contributed by atoms with Gasteiger partial charge in [0.15, 0.2) is 0 Å². The Morgan fingerprint density at radius 1 is 1.46 bits per heavy atom. The smallest absolute Gasteiger partial charge is 0.252 e. The Kier molecular flexibility index (Phi) is 5.93. The molecule has 8 nitrogen and oxygen atoms in total. The molecule has 1 aromatic heterocycles. The molecule has 0 bridgehead atoms. The van der Waals surface area contributed by atoms with Gasteiger partial charge >= 0.3 is 0 Å². The number of benzene rings is 1. The maximum Gasteiger partial charge on any atom is 0.252 e. The molecule has 0 spiro atoms. The van der Waals surface area contributed by atoms with Crippen LogP contribution in [0.1, 0.15) is 12.5 Å². The van der Waals surface area contributed by atoms with E-state index in [4.69, 9.17) is 11.6 Å². The normalized spacial score (nSPS) is 12.8. The molecule has 10 heteroatoms. The van der Waals surface area contributed by atoms with E-state index in [0.717, 1.165) is 0 Å². The SMILES string of the molecule is C/C(=N\NC(=O)C[S@](=O)Cn1cc(Cl)cn1)c1ccc(O)cc1O. The van der Waals surface area contributed by atoms with Crippen molar-refractivity contribution in [3.63, 3.8) is 0 Å². The van der Waals surface area contributed by atoms with E-state index in [9.17, 15) is 19.2 Å². The van der Waals surface area contributed by atoms with Gasteiger partial charge in [0.1, 0.15) is 23.1 Å². The summed E-state index contributed by atoms with van der Waals surface area (Å²) < 4.78 is 13.3. The summed E-state index contributed by atoms with van der Waals surface area (Å²) in [4.78, 5) is 11.8. The second kappa shape index (κ2) is 7.93. The van der Waals surface area contributed by atoms with Crippen LogP contribution in [0, 0.1) is 0 Å². The standard InChI is InChI=1S/C14H15ClN4O4S/c1-9(12-3-2-11(20)4-13(12)21)17-18-14(22)7-24(23)8-19-6-10(15)5-16-19/h2-6,20-21H,7-8H2,1H3,(H,18,22)/b17-9+/t24-/m0/s1. The second-order valence-corrected chi connectivity index (χ2v) is 6.71. The molecule has 1 heterocycles. The molecule has 0 aliphatic carbocycles. The molecule has 1 atom stereocenters. The Morgan fingerprint density at radius 3 is 2.83 bits per heavy atom. The van der Waals surface area contributed by atoms with Crippen molar-refractivity contribution in [3.05, 3.63) is 41.2 Å². The number of aromatic hydroxyl groups is 2. The van der Waals surface area contributed by atoms with Crippen LogP contribution in [0.25, 0.3) is 0 Å². The summed E-state index contributed by atoms with van der Waals surface area (Å²) in [5, 5.41) is 27.1. The van der Waals surface area contributed by atoms with Gasteiger partial charge in [-0.1, -0.05) is 11.6 Å². The molecule has 0 unspecified atom stereocenters. The van der Waals surface area contributed by atoms with Crippen molar-refractivity contribution < 1.29 is 19.2 Å². The average Bonchev–Trinajstić information content (AvgIpc) is 2.89. The Labute approximate surface area is 145 Å². The molecular formula is C14H15ClN4O4S. The number of amides is 1. The fourth-order valence-electron chi connectivity index (χ4n) is 1.81. The molecule has 0 fully saturated rings. The lowest BCUT2D eigenvalue weighted by Gasteiger charge is -2.06. The molecule has 2 aromatic rings. The van der Waals surface area contributed by atoms with E-state index in [1.807, 2.05) is 0 Å². The molecule has 2 rings (SSSR count). The number of carbonyl (C=O) groups excluding carboxylic acids is 1. The monoisotopic (exact) mass is 370 g/mol. The van der Waals surface area contributed by atoms with Gasteiger partial charge in [-0.3, -0.25) is 13.7 Å². The number of aromatic nitrogens is 2. The summed E-state index contributed by atoms with van der Waals surface area (Å²) in [5.41, 5.74) is 2.97. The quantitative estimate of drug-likeness (QED) is 0.521. The molecule has 128 valence electrons. The van der Waals surface area contributed by atoms with Gasteiger partial charge in [-0.2, -0.15) is 10.2 Å². The summed E-state index contributed by atoms with van der Waals surface area (Å²) in [6.45, 7) is 1.58. The number of nitrogens with zero attached hydrogens (tertiary/aromatic N) is 3. The Morgan fingerprint density at radius 2 is 2.21 bits per heavy atom. The minimum atomic E-state index is -1.48. The third kappa shape index (κ3) is 5.07. The number of hydrogen-bond donors (Lipinski definition) is 3. The second-order valence-electron chi connectivity index (χ2n) is 4.84. The Balaban J connectivity index is 1.90. The number of hydrazone groups is 1. The zero-order chi connectivity index (χ0) is 17.7. The third-order valence-corrected chi connectivity index (χ3v) is 4.22. The minimum Gasteiger partial charge on any atom is -0.508 e. The molecule has 0 saturated carbocycles. The number of rotatable bonds is 6. The van der Waals surface area contributed by atoms with Gasteiger partial charge in [0.2, 0.25) is 0 Å². The van der Waals surface area contributed by atoms with Gasteiger partial charge in [0.05, 0.1) is 27.7 Å². The predicted octanol–water partition coefficient (Wildman–Crippen LogP) is 1.19. The lowest BCUT2D eigenvalue weighted by Crippen LogP contribution is -2.26. The van der Waals surface area contributed by atoms with Crippen LogP contribution in [0.4, 0.5) is 0 Å². The highest BCUT2D eigenvalue weighted by Crippen LogP contribution is 2.22. The lowest BCUT2D eigenvalue weighted by molar-refractivity contribution is -0.118. The average molecular weight is 371 g/mol. The van der Waals surface area contributed by atoms with Gasteiger partial charge < -0.3 is 10.2 Å². The van der Waals surface area contributed by atoms with Gasteiger partial charge in [-0.25, -0.2) is 5.43 Å². The van der Waals surface area contributed by atoms with Gasteiger partial charge in [-0.05, 0) is 19.1 Å². The summed E-state index contributed by atoms with van der Waals surface area (Å²) in [6.07, 6.45) is 2.92. The van der Waals surface area contributed by atoms with E-state index in [1.165, 1.54) is 35.3 Å². The molecule has 0 aliphatic rings. The summed E-state index contributed by atoms with van der Waals surface area (Å²) in [6, 6.07) is 4.02. The fourth-order valence-corrected chi connectivity index (χ4v) is 2.85. The Hall–Kier alpha value is -2.39. The number of nitrogens with one attached hydrogen (secondary N) is 1. The molecule has 3 N–H and O–H groups in total. The molecule has 1 aromatic carbocycles. The molecule has 24 heavy (non-hydrogen) atoms. The summed E-state index contributed by atoms with van der Waals surface area (Å²) in [5.74, 6) is -0.992.